The lowest BCUT2D eigenvalue weighted by Crippen LogP contribution is -2.46. The zero-order chi connectivity index (χ0) is 20.8. The number of rotatable bonds is 7. The smallest absolute Gasteiger partial charge is 0.224 e. The molecule has 1 amide bonds. The number of furan rings is 1. The molecule has 3 aromatic rings. The molecule has 1 aliphatic heterocycles. The molecule has 4 rings (SSSR count). The number of benzene rings is 1. The summed E-state index contributed by atoms with van der Waals surface area (Å²) >= 11 is 0. The number of hydrogen-bond acceptors (Lipinski definition) is 4. The van der Waals surface area contributed by atoms with Crippen LogP contribution in [0, 0.1) is 0 Å². The van der Waals surface area contributed by atoms with E-state index in [1.54, 1.807) is 18.7 Å². The molecule has 0 spiro atoms. The molecule has 0 aliphatic carbocycles. The standard InChI is InChI=1S/C25H29N3O2/c1-27-15-11-22(12-16-27)28(19-20-9-13-26-14-10-20)25(29)18-23(24-8-5-17-30-24)21-6-3-2-4-7-21/h2-10,13-14,17,22-23H,11-12,15-16,18-19H2,1H3. The fourth-order valence-corrected chi connectivity index (χ4v) is 4.26. The third kappa shape index (κ3) is 4.97. The number of aromatic nitrogens is 1. The van der Waals surface area contributed by atoms with Crippen LogP contribution in [0.4, 0.5) is 0 Å². The summed E-state index contributed by atoms with van der Waals surface area (Å²) in [6.07, 6.45) is 7.68. The lowest BCUT2D eigenvalue weighted by atomic mass is 9.92. The first-order valence-electron chi connectivity index (χ1n) is 10.7. The summed E-state index contributed by atoms with van der Waals surface area (Å²) in [4.78, 5) is 22.2. The summed E-state index contributed by atoms with van der Waals surface area (Å²) in [7, 11) is 2.15. The van der Waals surface area contributed by atoms with Crippen molar-refractivity contribution >= 4 is 5.91 Å². The maximum atomic E-state index is 13.7. The number of likely N-dealkylation sites (tertiary alicyclic amines) is 1. The Hall–Kier alpha value is -2.92. The van der Waals surface area contributed by atoms with E-state index in [0.717, 1.165) is 42.8 Å². The van der Waals surface area contributed by atoms with E-state index in [1.807, 2.05) is 42.5 Å². The van der Waals surface area contributed by atoms with Crippen molar-refractivity contribution in [2.45, 2.75) is 37.8 Å². The minimum absolute atomic E-state index is 0.0834. The van der Waals surface area contributed by atoms with E-state index in [-0.39, 0.29) is 17.9 Å². The van der Waals surface area contributed by atoms with Crippen LogP contribution in [-0.4, -0.2) is 46.9 Å². The van der Waals surface area contributed by atoms with Gasteiger partial charge in [0.15, 0.2) is 0 Å². The van der Waals surface area contributed by atoms with Crippen LogP contribution in [0.1, 0.15) is 42.1 Å². The van der Waals surface area contributed by atoms with Crippen molar-refractivity contribution in [3.05, 3.63) is 90.1 Å². The Morgan fingerprint density at radius 2 is 1.83 bits per heavy atom. The molecular formula is C25H29N3O2. The van der Waals surface area contributed by atoms with Gasteiger partial charge in [0.2, 0.25) is 5.91 Å². The SMILES string of the molecule is CN1CCC(N(Cc2ccncc2)C(=O)CC(c2ccccc2)c2ccco2)CC1. The number of nitrogens with zero attached hydrogens (tertiary/aromatic N) is 3. The van der Waals surface area contributed by atoms with Crippen LogP contribution in [0.15, 0.2) is 77.7 Å². The summed E-state index contributed by atoms with van der Waals surface area (Å²) in [6, 6.07) is 18.3. The highest BCUT2D eigenvalue weighted by molar-refractivity contribution is 5.78. The second kappa shape index (κ2) is 9.72. The number of hydrogen-bond donors (Lipinski definition) is 0. The molecular weight excluding hydrogens is 374 g/mol. The monoisotopic (exact) mass is 403 g/mol. The molecule has 1 atom stereocenters. The fourth-order valence-electron chi connectivity index (χ4n) is 4.26. The van der Waals surface area contributed by atoms with Gasteiger partial charge >= 0.3 is 0 Å². The molecule has 1 unspecified atom stereocenters. The highest BCUT2D eigenvalue weighted by Crippen LogP contribution is 2.30. The molecule has 1 aliphatic rings. The quantitative estimate of drug-likeness (QED) is 0.590. The van der Waals surface area contributed by atoms with Crippen molar-refractivity contribution in [1.29, 1.82) is 0 Å². The molecule has 2 aromatic heterocycles. The molecule has 5 nitrogen and oxygen atoms in total. The lowest BCUT2D eigenvalue weighted by Gasteiger charge is -2.38. The summed E-state index contributed by atoms with van der Waals surface area (Å²) in [5.74, 6) is 0.924. The van der Waals surface area contributed by atoms with Gasteiger partial charge in [-0.3, -0.25) is 9.78 Å². The second-order valence-electron chi connectivity index (χ2n) is 8.09. The zero-order valence-corrected chi connectivity index (χ0v) is 17.5. The Morgan fingerprint density at radius 1 is 1.10 bits per heavy atom. The summed E-state index contributed by atoms with van der Waals surface area (Å²) in [5.41, 5.74) is 2.22. The number of carbonyl (C=O) groups excluding carboxylic acids is 1. The van der Waals surface area contributed by atoms with Crippen molar-refractivity contribution in [1.82, 2.24) is 14.8 Å². The normalized spacial score (nSPS) is 16.3. The van der Waals surface area contributed by atoms with Gasteiger partial charge in [-0.25, -0.2) is 0 Å². The van der Waals surface area contributed by atoms with Crippen molar-refractivity contribution < 1.29 is 9.21 Å². The Bertz CT molecular complexity index is 904. The Balaban J connectivity index is 1.58. The number of pyridine rings is 1. The van der Waals surface area contributed by atoms with Crippen LogP contribution in [0.25, 0.3) is 0 Å². The van der Waals surface area contributed by atoms with Crippen molar-refractivity contribution in [3.63, 3.8) is 0 Å². The van der Waals surface area contributed by atoms with Crippen LogP contribution in [0.2, 0.25) is 0 Å². The van der Waals surface area contributed by atoms with Gasteiger partial charge in [0.05, 0.1) is 12.2 Å². The molecule has 0 N–H and O–H groups in total. The Morgan fingerprint density at radius 3 is 2.50 bits per heavy atom. The highest BCUT2D eigenvalue weighted by Gasteiger charge is 2.30. The van der Waals surface area contributed by atoms with Gasteiger partial charge in [0.25, 0.3) is 0 Å². The average molecular weight is 404 g/mol. The third-order valence-electron chi connectivity index (χ3n) is 6.02. The van der Waals surface area contributed by atoms with E-state index in [9.17, 15) is 4.79 Å². The second-order valence-corrected chi connectivity index (χ2v) is 8.09. The van der Waals surface area contributed by atoms with Crippen molar-refractivity contribution in [2.75, 3.05) is 20.1 Å². The van der Waals surface area contributed by atoms with Crippen LogP contribution in [-0.2, 0) is 11.3 Å². The summed E-state index contributed by atoms with van der Waals surface area (Å²) < 4.78 is 5.72. The minimum Gasteiger partial charge on any atom is -0.469 e. The van der Waals surface area contributed by atoms with Gasteiger partial charge < -0.3 is 14.2 Å². The first kappa shape index (κ1) is 20.4. The van der Waals surface area contributed by atoms with Gasteiger partial charge in [0.1, 0.15) is 5.76 Å². The average Bonchev–Trinajstić information content (AvgIpc) is 3.32. The van der Waals surface area contributed by atoms with Gasteiger partial charge in [-0.05, 0) is 68.4 Å². The maximum Gasteiger partial charge on any atom is 0.224 e. The maximum absolute atomic E-state index is 13.7. The van der Waals surface area contributed by atoms with Crippen molar-refractivity contribution in [2.24, 2.45) is 0 Å². The van der Waals surface area contributed by atoms with E-state index in [1.165, 1.54) is 0 Å². The molecule has 1 saturated heterocycles. The van der Waals surface area contributed by atoms with Crippen LogP contribution in [0.3, 0.4) is 0 Å². The topological polar surface area (TPSA) is 49.6 Å². The lowest BCUT2D eigenvalue weighted by molar-refractivity contribution is -0.135. The molecule has 1 aromatic carbocycles. The van der Waals surface area contributed by atoms with E-state index in [0.29, 0.717) is 13.0 Å². The summed E-state index contributed by atoms with van der Waals surface area (Å²) in [6.45, 7) is 2.66. The summed E-state index contributed by atoms with van der Waals surface area (Å²) in [5, 5.41) is 0. The molecule has 0 radical (unpaired) electrons. The minimum atomic E-state index is -0.0834. The van der Waals surface area contributed by atoms with Gasteiger partial charge in [-0.15, -0.1) is 0 Å². The zero-order valence-electron chi connectivity index (χ0n) is 17.5. The molecule has 0 bridgehead atoms. The van der Waals surface area contributed by atoms with E-state index < -0.39 is 0 Å². The van der Waals surface area contributed by atoms with Gasteiger partial charge in [0, 0.05) is 31.4 Å². The number of piperidine rings is 1. The van der Waals surface area contributed by atoms with Crippen molar-refractivity contribution in [3.8, 4) is 0 Å². The predicted molar refractivity (Wildman–Crippen MR) is 117 cm³/mol. The molecule has 1 fully saturated rings. The highest BCUT2D eigenvalue weighted by atomic mass is 16.3. The van der Waals surface area contributed by atoms with Crippen LogP contribution in [0.5, 0.6) is 0 Å². The van der Waals surface area contributed by atoms with Gasteiger partial charge in [-0.1, -0.05) is 30.3 Å². The Kier molecular flexibility index (Phi) is 6.60. The first-order chi connectivity index (χ1) is 14.7. The van der Waals surface area contributed by atoms with E-state index in [4.69, 9.17) is 4.42 Å². The Labute approximate surface area is 178 Å². The third-order valence-corrected chi connectivity index (χ3v) is 6.02. The predicted octanol–water partition coefficient (Wildman–Crippen LogP) is 4.32. The van der Waals surface area contributed by atoms with E-state index in [2.05, 4.69) is 34.0 Å². The van der Waals surface area contributed by atoms with Crippen LogP contribution < -0.4 is 0 Å². The molecule has 0 saturated carbocycles. The molecule has 30 heavy (non-hydrogen) atoms. The van der Waals surface area contributed by atoms with Gasteiger partial charge in [-0.2, -0.15) is 0 Å². The number of amides is 1. The largest absolute Gasteiger partial charge is 0.469 e. The molecule has 5 heteroatoms. The molecule has 156 valence electrons. The molecule has 3 heterocycles. The van der Waals surface area contributed by atoms with E-state index >= 15 is 0 Å². The van der Waals surface area contributed by atoms with Crippen LogP contribution >= 0.6 is 0 Å². The fraction of sp³-hybridized carbons (Fsp3) is 0.360. The first-order valence-corrected chi connectivity index (χ1v) is 10.7. The number of carbonyl (C=O) groups is 1.